The fourth-order valence-corrected chi connectivity index (χ4v) is 3.16. The van der Waals surface area contributed by atoms with Crippen LogP contribution in [0.1, 0.15) is 32.3 Å². The number of carbonyl (C=O) groups is 1. The van der Waals surface area contributed by atoms with Gasteiger partial charge in [-0.1, -0.05) is 18.2 Å². The van der Waals surface area contributed by atoms with Crippen molar-refractivity contribution in [1.29, 1.82) is 0 Å². The fraction of sp³-hybridized carbons (Fsp3) is 0.353. The molecular formula is C17H17BClFO4. The molecule has 4 nitrogen and oxygen atoms in total. The molecule has 7 heteroatoms. The highest BCUT2D eigenvalue weighted by atomic mass is 35.5. The van der Waals surface area contributed by atoms with Gasteiger partial charge in [0.1, 0.15) is 17.2 Å². The molecule has 0 spiro atoms. The van der Waals surface area contributed by atoms with Crippen LogP contribution < -0.4 is 5.46 Å². The van der Waals surface area contributed by atoms with Crippen molar-refractivity contribution in [3.63, 3.8) is 0 Å². The second-order valence-corrected chi connectivity index (χ2v) is 6.69. The van der Waals surface area contributed by atoms with E-state index in [9.17, 15) is 9.18 Å². The summed E-state index contributed by atoms with van der Waals surface area (Å²) >= 11 is 6.27. The lowest BCUT2D eigenvalue weighted by molar-refractivity contribution is -0.113. The van der Waals surface area contributed by atoms with Gasteiger partial charge in [-0.05, 0) is 26.0 Å². The van der Waals surface area contributed by atoms with Crippen LogP contribution in [0.5, 0.6) is 0 Å². The smallest absolute Gasteiger partial charge is 0.534 e. The number of allylic oxidation sites excluding steroid dienone is 2. The molecule has 1 aromatic carbocycles. The molecule has 3 rings (SSSR count). The number of hydrogen-bond donors (Lipinski definition) is 0. The largest absolute Gasteiger partial charge is 0.563 e. The minimum Gasteiger partial charge on any atom is -0.534 e. The Kier molecular flexibility index (Phi) is 4.22. The lowest BCUT2D eigenvalue weighted by atomic mass is 9.78. The Morgan fingerprint density at radius 3 is 2.62 bits per heavy atom. The quantitative estimate of drug-likeness (QED) is 0.785. The molecule has 0 radical (unpaired) electrons. The van der Waals surface area contributed by atoms with E-state index in [4.69, 9.17) is 25.6 Å². The van der Waals surface area contributed by atoms with Gasteiger partial charge in [0.25, 0.3) is 0 Å². The van der Waals surface area contributed by atoms with Crippen molar-refractivity contribution in [2.75, 3.05) is 7.11 Å². The molecule has 1 heterocycles. The van der Waals surface area contributed by atoms with Crippen molar-refractivity contribution in [3.8, 4) is 0 Å². The van der Waals surface area contributed by atoms with Crippen molar-refractivity contribution in [2.24, 2.45) is 0 Å². The van der Waals surface area contributed by atoms with Gasteiger partial charge in [0.15, 0.2) is 5.78 Å². The van der Waals surface area contributed by atoms with Gasteiger partial charge in [-0.2, -0.15) is 0 Å². The molecule has 0 atom stereocenters. The number of rotatable bonds is 3. The van der Waals surface area contributed by atoms with Gasteiger partial charge in [0.2, 0.25) is 0 Å². The molecule has 1 aliphatic heterocycles. The molecule has 126 valence electrons. The summed E-state index contributed by atoms with van der Waals surface area (Å²) in [6.07, 6.45) is 0.740. The predicted octanol–water partition coefficient (Wildman–Crippen LogP) is 3.23. The van der Waals surface area contributed by atoms with Crippen LogP contribution in [0.3, 0.4) is 0 Å². The number of carbonyl (C=O) groups excluding carboxylic acids is 1. The Labute approximate surface area is 145 Å². The maximum absolute atomic E-state index is 14.7. The van der Waals surface area contributed by atoms with Gasteiger partial charge < -0.3 is 14.0 Å². The third kappa shape index (κ3) is 2.74. The second-order valence-electron chi connectivity index (χ2n) is 6.29. The molecule has 24 heavy (non-hydrogen) atoms. The number of ether oxygens (including phenoxy) is 1. The highest BCUT2D eigenvalue weighted by Gasteiger charge is 2.43. The highest BCUT2D eigenvalue weighted by Crippen LogP contribution is 2.37. The Bertz CT molecular complexity index is 749. The fourth-order valence-electron chi connectivity index (χ4n) is 2.85. The SMILES string of the molecule is C=C1OB(c2cc(F)c(C3=C(OC)CCC3=O)c(Cl)c2)OC1(C)C. The minimum absolute atomic E-state index is 0.0656. The molecule has 1 saturated heterocycles. The molecule has 0 bridgehead atoms. The molecular weight excluding hydrogens is 333 g/mol. The van der Waals surface area contributed by atoms with E-state index in [-0.39, 0.29) is 21.9 Å². The van der Waals surface area contributed by atoms with E-state index in [1.54, 1.807) is 6.07 Å². The Balaban J connectivity index is 2.02. The van der Waals surface area contributed by atoms with Crippen LogP contribution in [0.15, 0.2) is 30.2 Å². The van der Waals surface area contributed by atoms with Crippen LogP contribution in [-0.4, -0.2) is 25.6 Å². The van der Waals surface area contributed by atoms with Crippen LogP contribution in [-0.2, 0) is 18.8 Å². The van der Waals surface area contributed by atoms with Gasteiger partial charge in [0.05, 0.1) is 23.5 Å². The summed E-state index contributed by atoms with van der Waals surface area (Å²) in [6.45, 7) is 7.42. The molecule has 0 amide bonds. The number of halogens is 2. The van der Waals surface area contributed by atoms with Gasteiger partial charge in [0, 0.05) is 23.9 Å². The van der Waals surface area contributed by atoms with E-state index in [1.165, 1.54) is 13.2 Å². The highest BCUT2D eigenvalue weighted by molar-refractivity contribution is 6.62. The average molecular weight is 351 g/mol. The molecule has 1 fully saturated rings. The monoisotopic (exact) mass is 350 g/mol. The standard InChI is InChI=1S/C17H17BClFO4/c1-9-17(2,3)24-18(23-9)10-7-11(19)15(12(20)8-10)16-13(21)5-6-14(16)22-4/h7-8H,1,5-6H2,2-4H3. The maximum atomic E-state index is 14.7. The predicted molar refractivity (Wildman–Crippen MR) is 90.4 cm³/mol. The van der Waals surface area contributed by atoms with Gasteiger partial charge in [-0.3, -0.25) is 4.79 Å². The molecule has 1 aromatic rings. The molecule has 0 aromatic heterocycles. The van der Waals surface area contributed by atoms with E-state index in [1.807, 2.05) is 13.8 Å². The van der Waals surface area contributed by atoms with E-state index in [0.29, 0.717) is 29.8 Å². The normalized spacial score (nSPS) is 20.0. The number of ketones is 1. The molecule has 2 aliphatic rings. The Morgan fingerprint density at radius 1 is 1.38 bits per heavy atom. The van der Waals surface area contributed by atoms with Crippen LogP contribution >= 0.6 is 11.6 Å². The van der Waals surface area contributed by atoms with Crippen LogP contribution in [0.2, 0.25) is 5.02 Å². The molecule has 0 saturated carbocycles. The summed E-state index contributed by atoms with van der Waals surface area (Å²) in [6, 6.07) is 2.82. The van der Waals surface area contributed by atoms with E-state index in [2.05, 4.69) is 6.58 Å². The summed E-state index contributed by atoms with van der Waals surface area (Å²) in [5.41, 5.74) is 0.0396. The van der Waals surface area contributed by atoms with Crippen LogP contribution in [0, 0.1) is 5.82 Å². The van der Waals surface area contributed by atoms with Crippen LogP contribution in [0.4, 0.5) is 4.39 Å². The summed E-state index contributed by atoms with van der Waals surface area (Å²) < 4.78 is 31.2. The minimum atomic E-state index is -0.788. The maximum Gasteiger partial charge on any atom is 0.563 e. The summed E-state index contributed by atoms with van der Waals surface area (Å²) in [4.78, 5) is 12.1. The lowest BCUT2D eigenvalue weighted by Crippen LogP contribution is -2.35. The Morgan fingerprint density at radius 2 is 2.08 bits per heavy atom. The summed E-state index contributed by atoms with van der Waals surface area (Å²) in [5.74, 6) is 0.128. The van der Waals surface area contributed by atoms with Crippen molar-refractivity contribution < 1.29 is 23.2 Å². The number of methoxy groups -OCH3 is 1. The first kappa shape index (κ1) is 17.1. The third-order valence-electron chi connectivity index (χ3n) is 4.29. The van der Waals surface area contributed by atoms with Crippen molar-refractivity contribution in [3.05, 3.63) is 46.6 Å². The zero-order valence-electron chi connectivity index (χ0n) is 13.7. The van der Waals surface area contributed by atoms with Gasteiger partial charge in [-0.25, -0.2) is 4.39 Å². The molecule has 0 N–H and O–H groups in total. The zero-order chi connectivity index (χ0) is 17.6. The third-order valence-corrected chi connectivity index (χ3v) is 4.59. The second kappa shape index (κ2) is 5.94. The number of hydrogen-bond acceptors (Lipinski definition) is 4. The topological polar surface area (TPSA) is 44.8 Å². The zero-order valence-corrected chi connectivity index (χ0v) is 14.5. The lowest BCUT2D eigenvalue weighted by Gasteiger charge is -2.16. The van der Waals surface area contributed by atoms with Crippen molar-refractivity contribution in [1.82, 2.24) is 0 Å². The van der Waals surface area contributed by atoms with Crippen molar-refractivity contribution in [2.45, 2.75) is 32.3 Å². The van der Waals surface area contributed by atoms with Gasteiger partial charge in [-0.15, -0.1) is 0 Å². The molecule has 1 aliphatic carbocycles. The first-order chi connectivity index (χ1) is 11.2. The van der Waals surface area contributed by atoms with E-state index in [0.717, 1.165) is 0 Å². The first-order valence-electron chi connectivity index (χ1n) is 7.58. The van der Waals surface area contributed by atoms with E-state index < -0.39 is 18.5 Å². The van der Waals surface area contributed by atoms with Gasteiger partial charge >= 0.3 is 7.12 Å². The number of Topliss-reactive ketones (excluding diaryl/α,β-unsaturated/α-hetero) is 1. The summed E-state index contributed by atoms with van der Waals surface area (Å²) in [7, 11) is 0.672. The average Bonchev–Trinajstić information content (AvgIpc) is 2.99. The molecule has 0 unspecified atom stereocenters. The number of benzene rings is 1. The Hall–Kier alpha value is -1.79. The first-order valence-corrected chi connectivity index (χ1v) is 7.96. The summed E-state index contributed by atoms with van der Waals surface area (Å²) in [5, 5.41) is 0.118. The van der Waals surface area contributed by atoms with Crippen molar-refractivity contribution >= 4 is 35.5 Å². The van der Waals surface area contributed by atoms with E-state index >= 15 is 0 Å². The van der Waals surface area contributed by atoms with Crippen LogP contribution in [0.25, 0.3) is 5.57 Å².